The Morgan fingerprint density at radius 2 is 1.94 bits per heavy atom. The molecule has 4 nitrogen and oxygen atoms in total. The molecule has 0 amide bonds. The lowest BCUT2D eigenvalue weighted by Crippen LogP contribution is -2.26. The zero-order chi connectivity index (χ0) is 13.6. The number of anilines is 1. The molecule has 0 saturated carbocycles. The smallest absolute Gasteiger partial charge is 0.178 e. The third-order valence-corrected chi connectivity index (χ3v) is 4.64. The zero-order valence-electron chi connectivity index (χ0n) is 10.5. The Kier molecular flexibility index (Phi) is 5.91. The number of nitrogens with one attached hydrogen (secondary N) is 1. The molecule has 0 aliphatic rings. The number of ether oxygens (including phenoxy) is 1. The van der Waals surface area contributed by atoms with Gasteiger partial charge in [0.1, 0.15) is 0 Å². The summed E-state index contributed by atoms with van der Waals surface area (Å²) in [5.74, 6) is 0.524. The first kappa shape index (κ1) is 15.3. The summed E-state index contributed by atoms with van der Waals surface area (Å²) in [5, 5.41) is 3.17. The molecule has 102 valence electrons. The van der Waals surface area contributed by atoms with E-state index >= 15 is 0 Å². The highest BCUT2D eigenvalue weighted by atomic mass is 35.5. The van der Waals surface area contributed by atoms with Crippen LogP contribution in [0.3, 0.4) is 0 Å². The summed E-state index contributed by atoms with van der Waals surface area (Å²) in [6.45, 7) is 2.13. The van der Waals surface area contributed by atoms with Crippen LogP contribution in [0.4, 0.5) is 5.69 Å². The maximum atomic E-state index is 11.6. The standard InChI is InChI=1S/C12H18ClNO3S/c1-3-18(15,16)12-6-4-10(5-7-12)14-11(8-13)9-17-2/h4-7,11,14H,3,8-9H2,1-2H3. The monoisotopic (exact) mass is 291 g/mol. The number of rotatable bonds is 7. The average molecular weight is 292 g/mol. The Hall–Kier alpha value is -0.780. The lowest BCUT2D eigenvalue weighted by molar-refractivity contribution is 0.191. The van der Waals surface area contributed by atoms with Crippen LogP contribution in [0.5, 0.6) is 0 Å². The van der Waals surface area contributed by atoms with E-state index in [1.165, 1.54) is 0 Å². The summed E-state index contributed by atoms with van der Waals surface area (Å²) in [7, 11) is -1.53. The summed E-state index contributed by atoms with van der Waals surface area (Å²) < 4.78 is 28.3. The summed E-state index contributed by atoms with van der Waals surface area (Å²) >= 11 is 5.78. The van der Waals surface area contributed by atoms with Gasteiger partial charge >= 0.3 is 0 Å². The number of alkyl halides is 1. The molecule has 6 heteroatoms. The van der Waals surface area contributed by atoms with Crippen LogP contribution in [0, 0.1) is 0 Å². The molecule has 0 saturated heterocycles. The van der Waals surface area contributed by atoms with Crippen molar-refractivity contribution in [2.45, 2.75) is 17.9 Å². The number of halogens is 1. The normalized spacial score (nSPS) is 13.3. The molecule has 1 aromatic carbocycles. The van der Waals surface area contributed by atoms with Crippen molar-refractivity contribution in [2.24, 2.45) is 0 Å². The first-order valence-electron chi connectivity index (χ1n) is 5.67. The Labute approximate surface area is 113 Å². The van der Waals surface area contributed by atoms with Gasteiger partial charge < -0.3 is 10.1 Å². The molecule has 0 bridgehead atoms. The van der Waals surface area contributed by atoms with Gasteiger partial charge in [-0.15, -0.1) is 11.6 Å². The van der Waals surface area contributed by atoms with Gasteiger partial charge in [-0.25, -0.2) is 8.42 Å². The first-order chi connectivity index (χ1) is 8.53. The summed E-state index contributed by atoms with van der Waals surface area (Å²) in [6, 6.07) is 6.67. The fourth-order valence-electron chi connectivity index (χ4n) is 1.49. The van der Waals surface area contributed by atoms with E-state index in [0.29, 0.717) is 17.4 Å². The molecule has 1 N–H and O–H groups in total. The van der Waals surface area contributed by atoms with Crippen molar-refractivity contribution in [1.82, 2.24) is 0 Å². The van der Waals surface area contributed by atoms with Crippen LogP contribution in [0.1, 0.15) is 6.92 Å². The van der Waals surface area contributed by atoms with E-state index in [1.54, 1.807) is 38.3 Å². The SMILES string of the molecule is CCS(=O)(=O)c1ccc(NC(CCl)COC)cc1. The van der Waals surface area contributed by atoms with Crippen molar-refractivity contribution >= 4 is 27.1 Å². The predicted octanol–water partition coefficient (Wildman–Crippen LogP) is 2.15. The van der Waals surface area contributed by atoms with Crippen molar-refractivity contribution in [2.75, 3.05) is 30.7 Å². The van der Waals surface area contributed by atoms with E-state index in [2.05, 4.69) is 5.32 Å². The highest BCUT2D eigenvalue weighted by molar-refractivity contribution is 7.91. The second-order valence-electron chi connectivity index (χ2n) is 3.88. The molecule has 0 fully saturated rings. The van der Waals surface area contributed by atoms with Crippen LogP contribution in [-0.2, 0) is 14.6 Å². The van der Waals surface area contributed by atoms with Crippen molar-refractivity contribution in [1.29, 1.82) is 0 Å². The summed E-state index contributed by atoms with van der Waals surface area (Å²) in [5.41, 5.74) is 0.827. The lowest BCUT2D eigenvalue weighted by Gasteiger charge is -2.16. The predicted molar refractivity (Wildman–Crippen MR) is 74.2 cm³/mol. The molecule has 0 spiro atoms. The molecule has 0 heterocycles. The van der Waals surface area contributed by atoms with Crippen LogP contribution >= 0.6 is 11.6 Å². The zero-order valence-corrected chi connectivity index (χ0v) is 12.1. The van der Waals surface area contributed by atoms with Gasteiger partial charge in [-0.05, 0) is 24.3 Å². The van der Waals surface area contributed by atoms with Gasteiger partial charge in [0.15, 0.2) is 9.84 Å². The van der Waals surface area contributed by atoms with Crippen LogP contribution in [0.2, 0.25) is 0 Å². The lowest BCUT2D eigenvalue weighted by atomic mass is 10.3. The highest BCUT2D eigenvalue weighted by Crippen LogP contribution is 2.16. The minimum atomic E-state index is -3.14. The van der Waals surface area contributed by atoms with Gasteiger partial charge in [-0.3, -0.25) is 0 Å². The number of sulfone groups is 1. The summed E-state index contributed by atoms with van der Waals surface area (Å²) in [6.07, 6.45) is 0. The average Bonchev–Trinajstić information content (AvgIpc) is 2.39. The molecular formula is C12H18ClNO3S. The third-order valence-electron chi connectivity index (χ3n) is 2.52. The molecule has 0 aliphatic carbocycles. The van der Waals surface area contributed by atoms with Crippen molar-refractivity contribution in [3.05, 3.63) is 24.3 Å². The van der Waals surface area contributed by atoms with Crippen LogP contribution in [-0.4, -0.2) is 39.8 Å². The van der Waals surface area contributed by atoms with E-state index in [4.69, 9.17) is 16.3 Å². The molecule has 0 aliphatic heterocycles. The minimum absolute atomic E-state index is 0.00491. The van der Waals surface area contributed by atoms with E-state index in [1.807, 2.05) is 0 Å². The quantitative estimate of drug-likeness (QED) is 0.782. The Bertz CT molecular complexity index is 459. The Balaban J connectivity index is 2.77. The van der Waals surface area contributed by atoms with Crippen molar-refractivity contribution < 1.29 is 13.2 Å². The van der Waals surface area contributed by atoms with Crippen molar-refractivity contribution in [3.63, 3.8) is 0 Å². The molecular weight excluding hydrogens is 274 g/mol. The number of methoxy groups -OCH3 is 1. The molecule has 18 heavy (non-hydrogen) atoms. The second kappa shape index (κ2) is 6.97. The van der Waals surface area contributed by atoms with E-state index in [-0.39, 0.29) is 11.8 Å². The Morgan fingerprint density at radius 3 is 2.39 bits per heavy atom. The highest BCUT2D eigenvalue weighted by Gasteiger charge is 2.11. The van der Waals surface area contributed by atoms with Gasteiger partial charge in [0.05, 0.1) is 23.3 Å². The van der Waals surface area contributed by atoms with Crippen molar-refractivity contribution in [3.8, 4) is 0 Å². The maximum absolute atomic E-state index is 11.6. The van der Waals surface area contributed by atoms with Crippen LogP contribution in [0.15, 0.2) is 29.2 Å². The summed E-state index contributed by atoms with van der Waals surface area (Å²) in [4.78, 5) is 0.338. The largest absolute Gasteiger partial charge is 0.383 e. The third kappa shape index (κ3) is 4.15. The fraction of sp³-hybridized carbons (Fsp3) is 0.500. The second-order valence-corrected chi connectivity index (χ2v) is 6.47. The molecule has 1 atom stereocenters. The molecule has 1 unspecified atom stereocenters. The van der Waals surface area contributed by atoms with Crippen LogP contribution < -0.4 is 5.32 Å². The number of hydrogen-bond acceptors (Lipinski definition) is 4. The first-order valence-corrected chi connectivity index (χ1v) is 7.86. The van der Waals surface area contributed by atoms with E-state index in [9.17, 15) is 8.42 Å². The van der Waals surface area contributed by atoms with Gasteiger partial charge in [-0.1, -0.05) is 6.92 Å². The Morgan fingerprint density at radius 1 is 1.33 bits per heavy atom. The van der Waals surface area contributed by atoms with E-state index < -0.39 is 9.84 Å². The molecule has 0 aromatic heterocycles. The van der Waals surface area contributed by atoms with E-state index in [0.717, 1.165) is 5.69 Å². The fourth-order valence-corrected chi connectivity index (χ4v) is 2.54. The maximum Gasteiger partial charge on any atom is 0.178 e. The van der Waals surface area contributed by atoms with Gasteiger partial charge in [-0.2, -0.15) is 0 Å². The van der Waals surface area contributed by atoms with Gasteiger partial charge in [0, 0.05) is 18.7 Å². The topological polar surface area (TPSA) is 55.4 Å². The minimum Gasteiger partial charge on any atom is -0.383 e. The van der Waals surface area contributed by atoms with Gasteiger partial charge in [0.25, 0.3) is 0 Å². The van der Waals surface area contributed by atoms with Gasteiger partial charge in [0.2, 0.25) is 0 Å². The molecule has 1 aromatic rings. The van der Waals surface area contributed by atoms with Crippen LogP contribution in [0.25, 0.3) is 0 Å². The number of benzene rings is 1. The number of hydrogen-bond donors (Lipinski definition) is 1. The molecule has 0 radical (unpaired) electrons. The molecule has 1 rings (SSSR count).